The van der Waals surface area contributed by atoms with Crippen molar-refractivity contribution >= 4 is 28.6 Å². The van der Waals surface area contributed by atoms with Gasteiger partial charge in [0.05, 0.1) is 13.5 Å². The molecule has 1 N–H and O–H groups in total. The zero-order valence-electron chi connectivity index (χ0n) is 8.63. The summed E-state index contributed by atoms with van der Waals surface area (Å²) in [5.41, 5.74) is 1.22. The van der Waals surface area contributed by atoms with Gasteiger partial charge in [-0.3, -0.25) is 4.79 Å². The average molecular weight is 319 g/mol. The third-order valence-corrected chi connectivity index (χ3v) is 2.70. The lowest BCUT2D eigenvalue weighted by molar-refractivity contribution is -0.140. The van der Waals surface area contributed by atoms with E-state index in [1.165, 1.54) is 16.2 Å². The first kappa shape index (κ1) is 12.4. The normalized spacial score (nSPS) is 10.0. The van der Waals surface area contributed by atoms with E-state index in [2.05, 4.69) is 56.9 Å². The Morgan fingerprint density at radius 3 is 2.67 bits per heavy atom. The number of carbonyl (C=O) groups excluding carboxylic acids is 1. The molecule has 0 radical (unpaired) electrons. The van der Waals surface area contributed by atoms with E-state index in [0.717, 1.165) is 6.54 Å². The second-order valence-corrected chi connectivity index (χ2v) is 4.38. The fraction of sp³-hybridized carbons (Fsp3) is 0.364. The van der Waals surface area contributed by atoms with Crippen molar-refractivity contribution in [1.82, 2.24) is 5.32 Å². The first-order chi connectivity index (χ1) is 7.22. The van der Waals surface area contributed by atoms with Gasteiger partial charge in [0.15, 0.2) is 0 Å². The van der Waals surface area contributed by atoms with Crippen LogP contribution < -0.4 is 5.32 Å². The lowest BCUT2D eigenvalue weighted by Gasteiger charge is -2.04. The van der Waals surface area contributed by atoms with Crippen molar-refractivity contribution in [2.45, 2.75) is 13.0 Å². The molecule has 0 aliphatic heterocycles. The van der Waals surface area contributed by atoms with Crippen molar-refractivity contribution in [3.63, 3.8) is 0 Å². The van der Waals surface area contributed by atoms with E-state index < -0.39 is 0 Å². The van der Waals surface area contributed by atoms with E-state index in [1.807, 2.05) is 0 Å². The zero-order valence-corrected chi connectivity index (χ0v) is 10.8. The molecule has 82 valence electrons. The van der Waals surface area contributed by atoms with Gasteiger partial charge in [0, 0.05) is 16.7 Å². The smallest absolute Gasteiger partial charge is 0.306 e. The molecule has 0 amide bonds. The number of hydrogen-bond donors (Lipinski definition) is 1. The van der Waals surface area contributed by atoms with Crippen LogP contribution in [0.25, 0.3) is 0 Å². The van der Waals surface area contributed by atoms with Crippen LogP contribution in [0.2, 0.25) is 0 Å². The van der Waals surface area contributed by atoms with Gasteiger partial charge in [-0.25, -0.2) is 0 Å². The predicted molar refractivity (Wildman–Crippen MR) is 67.5 cm³/mol. The van der Waals surface area contributed by atoms with E-state index in [9.17, 15) is 4.79 Å². The van der Waals surface area contributed by atoms with Gasteiger partial charge in [0.2, 0.25) is 0 Å². The fourth-order valence-electron chi connectivity index (χ4n) is 1.13. The van der Waals surface area contributed by atoms with Gasteiger partial charge in [-0.1, -0.05) is 12.1 Å². The molecule has 0 spiro atoms. The summed E-state index contributed by atoms with van der Waals surface area (Å²) in [7, 11) is 1.40. The van der Waals surface area contributed by atoms with E-state index in [1.54, 1.807) is 0 Å². The van der Waals surface area contributed by atoms with Gasteiger partial charge < -0.3 is 10.1 Å². The minimum absolute atomic E-state index is 0.176. The number of ether oxygens (including phenoxy) is 1. The highest BCUT2D eigenvalue weighted by Gasteiger charge is 1.98. The molecule has 0 aliphatic rings. The molecule has 0 bridgehead atoms. The van der Waals surface area contributed by atoms with Crippen LogP contribution in [0.15, 0.2) is 24.3 Å². The van der Waals surface area contributed by atoms with Crippen LogP contribution in [0.3, 0.4) is 0 Å². The number of halogens is 1. The van der Waals surface area contributed by atoms with Gasteiger partial charge in [-0.05, 0) is 40.3 Å². The second-order valence-electron chi connectivity index (χ2n) is 3.13. The minimum Gasteiger partial charge on any atom is -0.469 e. The molecule has 3 nitrogen and oxygen atoms in total. The van der Waals surface area contributed by atoms with Crippen molar-refractivity contribution in [2.75, 3.05) is 13.7 Å². The summed E-state index contributed by atoms with van der Waals surface area (Å²) in [5, 5.41) is 3.18. The predicted octanol–water partition coefficient (Wildman–Crippen LogP) is 1.94. The third kappa shape index (κ3) is 5.13. The van der Waals surface area contributed by atoms with E-state index in [-0.39, 0.29) is 5.97 Å². The number of rotatable bonds is 5. The Kier molecular flexibility index (Phi) is 5.63. The lowest BCUT2D eigenvalue weighted by atomic mass is 10.2. The maximum Gasteiger partial charge on any atom is 0.306 e. The summed E-state index contributed by atoms with van der Waals surface area (Å²) in [5.74, 6) is -0.176. The summed E-state index contributed by atoms with van der Waals surface area (Å²) in [6, 6.07) is 8.29. The molecule has 0 aromatic heterocycles. The first-order valence-electron chi connectivity index (χ1n) is 4.74. The molecule has 15 heavy (non-hydrogen) atoms. The van der Waals surface area contributed by atoms with Crippen LogP contribution in [-0.4, -0.2) is 19.6 Å². The Morgan fingerprint density at radius 1 is 1.40 bits per heavy atom. The third-order valence-electron chi connectivity index (χ3n) is 1.98. The van der Waals surface area contributed by atoms with Crippen molar-refractivity contribution in [3.05, 3.63) is 33.4 Å². The monoisotopic (exact) mass is 319 g/mol. The van der Waals surface area contributed by atoms with Crippen LogP contribution >= 0.6 is 22.6 Å². The van der Waals surface area contributed by atoms with Gasteiger partial charge >= 0.3 is 5.97 Å². The lowest BCUT2D eigenvalue weighted by Crippen LogP contribution is -2.18. The van der Waals surface area contributed by atoms with Crippen molar-refractivity contribution in [2.24, 2.45) is 0 Å². The molecule has 1 rings (SSSR count). The minimum atomic E-state index is -0.176. The van der Waals surface area contributed by atoms with Gasteiger partial charge in [0.1, 0.15) is 0 Å². The molecular formula is C11H14INO2. The van der Waals surface area contributed by atoms with Crippen molar-refractivity contribution in [1.29, 1.82) is 0 Å². The summed E-state index contributed by atoms with van der Waals surface area (Å²) in [6.45, 7) is 1.44. The molecule has 1 aromatic carbocycles. The standard InChI is InChI=1S/C11H14INO2/c1-15-11(14)6-7-13-8-9-2-4-10(12)5-3-9/h2-5,13H,6-8H2,1H3. The second kappa shape index (κ2) is 6.79. The number of methoxy groups -OCH3 is 1. The van der Waals surface area contributed by atoms with Crippen molar-refractivity contribution in [3.8, 4) is 0 Å². The SMILES string of the molecule is COC(=O)CCNCc1ccc(I)cc1. The van der Waals surface area contributed by atoms with Crippen molar-refractivity contribution < 1.29 is 9.53 Å². The van der Waals surface area contributed by atoms with Gasteiger partial charge in [0.25, 0.3) is 0 Å². The quantitative estimate of drug-likeness (QED) is 0.512. The summed E-state index contributed by atoms with van der Waals surface area (Å²) in [6.07, 6.45) is 0.418. The number of hydrogen-bond acceptors (Lipinski definition) is 3. The van der Waals surface area contributed by atoms with Crippen LogP contribution in [0.5, 0.6) is 0 Å². The maximum absolute atomic E-state index is 10.8. The molecule has 0 unspecified atom stereocenters. The number of esters is 1. The summed E-state index contributed by atoms with van der Waals surface area (Å²) < 4.78 is 5.77. The zero-order chi connectivity index (χ0) is 11.1. The van der Waals surface area contributed by atoms with Gasteiger partial charge in [-0.15, -0.1) is 0 Å². The molecule has 4 heteroatoms. The Hall–Kier alpha value is -0.620. The molecule has 1 aromatic rings. The Labute approximate surface area is 103 Å². The largest absolute Gasteiger partial charge is 0.469 e. The molecule has 0 saturated heterocycles. The van der Waals surface area contributed by atoms with E-state index >= 15 is 0 Å². The fourth-order valence-corrected chi connectivity index (χ4v) is 1.49. The number of nitrogens with one attached hydrogen (secondary N) is 1. The first-order valence-corrected chi connectivity index (χ1v) is 5.82. The average Bonchev–Trinajstić information content (AvgIpc) is 2.26. The highest BCUT2D eigenvalue weighted by atomic mass is 127. The topological polar surface area (TPSA) is 38.3 Å². The van der Waals surface area contributed by atoms with Crippen LogP contribution in [0.1, 0.15) is 12.0 Å². The highest BCUT2D eigenvalue weighted by Crippen LogP contribution is 2.06. The molecule has 0 saturated carbocycles. The van der Waals surface area contributed by atoms with Crippen LogP contribution in [-0.2, 0) is 16.1 Å². The molecule has 0 fully saturated rings. The van der Waals surface area contributed by atoms with E-state index in [4.69, 9.17) is 0 Å². The number of carbonyl (C=O) groups is 1. The Morgan fingerprint density at radius 2 is 2.07 bits per heavy atom. The maximum atomic E-state index is 10.8. The molecule has 0 atom stereocenters. The van der Waals surface area contributed by atoms with Crippen LogP contribution in [0, 0.1) is 3.57 Å². The van der Waals surface area contributed by atoms with Gasteiger partial charge in [-0.2, -0.15) is 0 Å². The Bertz CT molecular complexity index is 311. The molecule has 0 aliphatic carbocycles. The highest BCUT2D eigenvalue weighted by molar-refractivity contribution is 14.1. The molecular weight excluding hydrogens is 305 g/mol. The molecule has 0 heterocycles. The number of benzene rings is 1. The summed E-state index contributed by atoms with van der Waals surface area (Å²) in [4.78, 5) is 10.8. The van der Waals surface area contributed by atoms with E-state index in [0.29, 0.717) is 13.0 Å². The Balaban J connectivity index is 2.20. The summed E-state index contributed by atoms with van der Waals surface area (Å²) >= 11 is 2.27. The van der Waals surface area contributed by atoms with Crippen LogP contribution in [0.4, 0.5) is 0 Å².